The van der Waals surface area contributed by atoms with Gasteiger partial charge in [-0.05, 0) is 40.5 Å². The van der Waals surface area contributed by atoms with Crippen LogP contribution in [0.5, 0.6) is 0 Å². The van der Waals surface area contributed by atoms with Gasteiger partial charge in [0.1, 0.15) is 10.3 Å². The second-order valence-electron chi connectivity index (χ2n) is 3.98. The Labute approximate surface area is 130 Å². The number of thioether (sulfide) groups is 1. The molecule has 2 rings (SSSR count). The monoisotopic (exact) mass is 351 g/mol. The van der Waals surface area contributed by atoms with Crippen molar-refractivity contribution in [3.8, 4) is 0 Å². The van der Waals surface area contributed by atoms with Crippen molar-refractivity contribution in [1.29, 1.82) is 0 Å². The second-order valence-corrected chi connectivity index (χ2v) is 5.75. The molecule has 0 aliphatic carbocycles. The molecule has 0 unspecified atom stereocenters. The zero-order chi connectivity index (χ0) is 14.4. The van der Waals surface area contributed by atoms with Gasteiger partial charge in [0, 0.05) is 10.6 Å². The van der Waals surface area contributed by atoms with E-state index in [0.29, 0.717) is 16.9 Å². The van der Waals surface area contributed by atoms with Gasteiger partial charge < -0.3 is 4.74 Å². The molecular weight excluding hydrogens is 338 g/mol. The van der Waals surface area contributed by atoms with Crippen LogP contribution in [0.15, 0.2) is 52.0 Å². The molecule has 20 heavy (non-hydrogen) atoms. The van der Waals surface area contributed by atoms with Gasteiger partial charge >= 0.3 is 5.97 Å². The van der Waals surface area contributed by atoms with E-state index in [9.17, 15) is 4.79 Å². The van der Waals surface area contributed by atoms with Crippen molar-refractivity contribution in [2.45, 2.75) is 17.6 Å². The Balaban J connectivity index is 2.04. The van der Waals surface area contributed by atoms with Gasteiger partial charge in [-0.3, -0.25) is 0 Å². The number of carbonyl (C=O) groups is 1. The van der Waals surface area contributed by atoms with E-state index in [1.54, 1.807) is 24.8 Å². The summed E-state index contributed by atoms with van der Waals surface area (Å²) in [7, 11) is 0. The highest BCUT2D eigenvalue weighted by atomic mass is 79.9. The number of aromatic nitrogens is 1. The average molecular weight is 352 g/mol. The Morgan fingerprint density at radius 3 is 2.65 bits per heavy atom. The molecule has 1 aromatic carbocycles. The van der Waals surface area contributed by atoms with Crippen LogP contribution in [-0.2, 0) is 10.5 Å². The maximum atomic E-state index is 11.6. The first-order chi connectivity index (χ1) is 9.70. The minimum absolute atomic E-state index is 0.322. The lowest BCUT2D eigenvalue weighted by Crippen LogP contribution is -2.07. The maximum Gasteiger partial charge on any atom is 0.356 e. The minimum atomic E-state index is -0.396. The lowest BCUT2D eigenvalue weighted by atomic mass is 10.2. The topological polar surface area (TPSA) is 39.2 Å². The van der Waals surface area contributed by atoms with E-state index in [0.717, 1.165) is 10.6 Å². The number of nitrogens with zero attached hydrogens (tertiary/aromatic N) is 1. The molecule has 0 spiro atoms. The van der Waals surface area contributed by atoms with Crippen molar-refractivity contribution in [2.24, 2.45) is 0 Å². The highest BCUT2D eigenvalue weighted by Gasteiger charge is 2.11. The zero-order valence-corrected chi connectivity index (χ0v) is 13.4. The molecular formula is C15H14BrNO2S. The fraction of sp³-hybridized carbons (Fsp3) is 0.200. The first-order valence-corrected chi connectivity index (χ1v) is 7.99. The van der Waals surface area contributed by atoms with Gasteiger partial charge in [-0.25, -0.2) is 9.78 Å². The average Bonchev–Trinajstić information content (AvgIpc) is 2.47. The fourth-order valence-corrected chi connectivity index (χ4v) is 3.09. The van der Waals surface area contributed by atoms with Gasteiger partial charge in [0.25, 0.3) is 0 Å². The van der Waals surface area contributed by atoms with E-state index < -0.39 is 5.97 Å². The lowest BCUT2D eigenvalue weighted by Gasteiger charge is -2.06. The molecule has 3 nitrogen and oxygen atoms in total. The Morgan fingerprint density at radius 1 is 1.25 bits per heavy atom. The molecule has 0 atom stereocenters. The van der Waals surface area contributed by atoms with E-state index in [4.69, 9.17) is 4.74 Å². The smallest absolute Gasteiger partial charge is 0.356 e. The van der Waals surface area contributed by atoms with Gasteiger partial charge in [0.05, 0.1) is 6.61 Å². The summed E-state index contributed by atoms with van der Waals surface area (Å²) in [6, 6.07) is 13.8. The minimum Gasteiger partial charge on any atom is -0.461 e. The van der Waals surface area contributed by atoms with Crippen LogP contribution in [0.4, 0.5) is 0 Å². The third-order valence-corrected chi connectivity index (χ3v) is 4.52. The van der Waals surface area contributed by atoms with E-state index in [2.05, 4.69) is 33.0 Å². The number of carbonyl (C=O) groups excluding carboxylic acids is 1. The van der Waals surface area contributed by atoms with E-state index >= 15 is 0 Å². The van der Waals surface area contributed by atoms with Crippen LogP contribution in [0.1, 0.15) is 23.0 Å². The van der Waals surface area contributed by atoms with Crippen LogP contribution in [-0.4, -0.2) is 17.6 Å². The molecule has 0 radical (unpaired) electrons. The summed E-state index contributed by atoms with van der Waals surface area (Å²) >= 11 is 5.07. The molecule has 104 valence electrons. The predicted octanol–water partition coefficient (Wildman–Crippen LogP) is 4.31. The standard InChI is InChI=1S/C15H14BrNO2S/c1-2-19-15(18)12-8-9-13(14(16)17-12)20-10-11-6-4-3-5-7-11/h3-9H,2,10H2,1H3. The molecule has 0 saturated heterocycles. The van der Waals surface area contributed by atoms with Crippen LogP contribution in [0, 0.1) is 0 Å². The summed E-state index contributed by atoms with van der Waals surface area (Å²) in [5, 5.41) is 0. The van der Waals surface area contributed by atoms with Gasteiger partial charge in [0.2, 0.25) is 0 Å². The molecule has 0 N–H and O–H groups in total. The Hall–Kier alpha value is -1.33. The second kappa shape index (κ2) is 7.45. The largest absolute Gasteiger partial charge is 0.461 e. The van der Waals surface area contributed by atoms with Crippen LogP contribution >= 0.6 is 27.7 Å². The van der Waals surface area contributed by atoms with Crippen molar-refractivity contribution in [1.82, 2.24) is 4.98 Å². The summed E-state index contributed by atoms with van der Waals surface area (Å²) in [6.07, 6.45) is 0. The normalized spacial score (nSPS) is 10.3. The number of ether oxygens (including phenoxy) is 1. The van der Waals surface area contributed by atoms with Crippen molar-refractivity contribution >= 4 is 33.7 Å². The van der Waals surface area contributed by atoms with E-state index in [-0.39, 0.29) is 0 Å². The molecule has 0 saturated carbocycles. The molecule has 2 aromatic rings. The highest BCUT2D eigenvalue weighted by Crippen LogP contribution is 2.29. The quantitative estimate of drug-likeness (QED) is 0.457. The molecule has 1 aromatic heterocycles. The van der Waals surface area contributed by atoms with Crippen molar-refractivity contribution in [3.05, 3.63) is 58.3 Å². The first-order valence-electron chi connectivity index (χ1n) is 6.21. The molecule has 1 heterocycles. The summed E-state index contributed by atoms with van der Waals surface area (Å²) in [5.74, 6) is 0.465. The number of pyridine rings is 1. The van der Waals surface area contributed by atoms with Crippen LogP contribution < -0.4 is 0 Å². The SMILES string of the molecule is CCOC(=O)c1ccc(SCc2ccccc2)c(Br)n1. The molecule has 0 aliphatic rings. The number of hydrogen-bond acceptors (Lipinski definition) is 4. The summed E-state index contributed by atoms with van der Waals surface area (Å²) in [5.41, 5.74) is 1.57. The highest BCUT2D eigenvalue weighted by molar-refractivity contribution is 9.10. The first kappa shape index (κ1) is 15.1. The van der Waals surface area contributed by atoms with Crippen LogP contribution in [0.25, 0.3) is 0 Å². The number of hydrogen-bond donors (Lipinski definition) is 0. The number of rotatable bonds is 5. The van der Waals surface area contributed by atoms with Gasteiger partial charge in [0.15, 0.2) is 0 Å². The number of esters is 1. The molecule has 0 aliphatic heterocycles. The Kier molecular flexibility index (Phi) is 5.61. The van der Waals surface area contributed by atoms with Gasteiger partial charge in [-0.2, -0.15) is 0 Å². The van der Waals surface area contributed by atoms with Gasteiger partial charge in [-0.15, -0.1) is 11.8 Å². The van der Waals surface area contributed by atoms with Crippen LogP contribution in [0.2, 0.25) is 0 Å². The summed E-state index contributed by atoms with van der Waals surface area (Å²) in [6.45, 7) is 2.12. The fourth-order valence-electron chi connectivity index (χ4n) is 1.58. The third kappa shape index (κ3) is 4.08. The van der Waals surface area contributed by atoms with Crippen LogP contribution in [0.3, 0.4) is 0 Å². The number of benzene rings is 1. The Morgan fingerprint density at radius 2 is 2.00 bits per heavy atom. The predicted molar refractivity (Wildman–Crippen MR) is 83.9 cm³/mol. The molecule has 5 heteroatoms. The molecule has 0 bridgehead atoms. The maximum absolute atomic E-state index is 11.6. The van der Waals surface area contributed by atoms with Gasteiger partial charge in [-0.1, -0.05) is 30.3 Å². The molecule has 0 fully saturated rings. The van der Waals surface area contributed by atoms with Crippen molar-refractivity contribution in [2.75, 3.05) is 6.61 Å². The van der Waals surface area contributed by atoms with E-state index in [1.165, 1.54) is 5.56 Å². The number of halogens is 1. The lowest BCUT2D eigenvalue weighted by molar-refractivity contribution is 0.0519. The Bertz CT molecular complexity index is 590. The summed E-state index contributed by atoms with van der Waals surface area (Å²) in [4.78, 5) is 16.8. The zero-order valence-electron chi connectivity index (χ0n) is 11.0. The molecule has 0 amide bonds. The summed E-state index contributed by atoms with van der Waals surface area (Å²) < 4.78 is 5.59. The van der Waals surface area contributed by atoms with E-state index in [1.807, 2.05) is 24.3 Å². The van der Waals surface area contributed by atoms with Crippen molar-refractivity contribution in [3.63, 3.8) is 0 Å². The third-order valence-electron chi connectivity index (χ3n) is 2.54. The van der Waals surface area contributed by atoms with Crippen molar-refractivity contribution < 1.29 is 9.53 Å².